The Labute approximate surface area is 122 Å². The summed E-state index contributed by atoms with van der Waals surface area (Å²) in [5, 5.41) is 6.40. The van der Waals surface area contributed by atoms with Gasteiger partial charge in [-0.25, -0.2) is 4.68 Å². The Morgan fingerprint density at radius 3 is 2.75 bits per heavy atom. The monoisotopic (exact) mass is 357 g/mol. The van der Waals surface area contributed by atoms with Gasteiger partial charge in [0.2, 0.25) is 0 Å². The summed E-state index contributed by atoms with van der Waals surface area (Å²) in [6.45, 7) is 3.24. The molecule has 0 fully saturated rings. The van der Waals surface area contributed by atoms with E-state index in [1.54, 1.807) is 0 Å². The van der Waals surface area contributed by atoms with Crippen molar-refractivity contribution in [3.8, 4) is 0 Å². The van der Waals surface area contributed by atoms with E-state index in [-0.39, 0.29) is 10.6 Å². The van der Waals surface area contributed by atoms with Crippen LogP contribution >= 0.6 is 15.9 Å². The molecule has 0 aliphatic carbocycles. The van der Waals surface area contributed by atoms with Gasteiger partial charge >= 0.3 is 6.18 Å². The fourth-order valence-corrected chi connectivity index (χ4v) is 1.92. The molecule has 1 N–H and O–H groups in total. The van der Waals surface area contributed by atoms with Crippen molar-refractivity contribution in [1.29, 1.82) is 0 Å². The summed E-state index contributed by atoms with van der Waals surface area (Å²) in [5.74, 6) is 0. The molecular weight excluding hydrogens is 343 g/mol. The highest BCUT2D eigenvalue weighted by atomic mass is 79.9. The lowest BCUT2D eigenvalue weighted by atomic mass is 10.3. The molecule has 0 spiro atoms. The van der Waals surface area contributed by atoms with E-state index in [1.807, 2.05) is 13.8 Å². The summed E-state index contributed by atoms with van der Waals surface area (Å²) in [6.07, 6.45) is -3.41. The van der Waals surface area contributed by atoms with Crippen molar-refractivity contribution in [2.75, 3.05) is 18.5 Å². The number of nitrogens with zero attached hydrogens (tertiary/aromatic N) is 2. The third kappa shape index (κ3) is 5.12. The lowest BCUT2D eigenvalue weighted by Gasteiger charge is -2.15. The van der Waals surface area contributed by atoms with Crippen LogP contribution in [0.4, 0.5) is 18.9 Å². The van der Waals surface area contributed by atoms with E-state index in [2.05, 4.69) is 26.3 Å². The van der Waals surface area contributed by atoms with E-state index in [0.29, 0.717) is 23.5 Å². The van der Waals surface area contributed by atoms with E-state index in [1.165, 1.54) is 6.20 Å². The molecule has 1 aromatic rings. The molecule has 1 rings (SSSR count). The van der Waals surface area contributed by atoms with Crippen LogP contribution in [-0.4, -0.2) is 35.2 Å². The fourth-order valence-electron chi connectivity index (χ4n) is 1.47. The first-order valence-electron chi connectivity index (χ1n) is 5.92. The van der Waals surface area contributed by atoms with Gasteiger partial charge in [-0.2, -0.15) is 18.3 Å². The average molecular weight is 358 g/mol. The summed E-state index contributed by atoms with van der Waals surface area (Å²) in [6, 6.07) is 0. The number of aromatic nitrogens is 2. The Morgan fingerprint density at radius 1 is 1.55 bits per heavy atom. The van der Waals surface area contributed by atoms with Crippen LogP contribution < -0.4 is 10.9 Å². The van der Waals surface area contributed by atoms with Gasteiger partial charge in [0.1, 0.15) is 11.0 Å². The van der Waals surface area contributed by atoms with Gasteiger partial charge in [0.05, 0.1) is 18.0 Å². The Kier molecular flexibility index (Phi) is 6.00. The molecular formula is C11H15BrF3N3O2. The largest absolute Gasteiger partial charge is 0.408 e. The first-order valence-corrected chi connectivity index (χ1v) is 6.71. The van der Waals surface area contributed by atoms with Crippen LogP contribution in [0.2, 0.25) is 0 Å². The van der Waals surface area contributed by atoms with Gasteiger partial charge in [-0.05, 0) is 29.8 Å². The van der Waals surface area contributed by atoms with Crippen LogP contribution in [0.3, 0.4) is 0 Å². The maximum absolute atomic E-state index is 12.2. The number of ether oxygens (including phenoxy) is 1. The summed E-state index contributed by atoms with van der Waals surface area (Å²) >= 11 is 2.98. The molecule has 20 heavy (non-hydrogen) atoms. The SMILES string of the molecule is CCOC(C)CNc1cnn(CC(F)(F)F)c(=O)c1Br. The van der Waals surface area contributed by atoms with Crippen LogP contribution in [0.1, 0.15) is 13.8 Å². The number of rotatable bonds is 6. The van der Waals surface area contributed by atoms with Crippen molar-refractivity contribution >= 4 is 21.6 Å². The molecule has 0 saturated carbocycles. The molecule has 0 saturated heterocycles. The first-order chi connectivity index (χ1) is 9.24. The van der Waals surface area contributed by atoms with Crippen molar-refractivity contribution in [2.24, 2.45) is 0 Å². The number of halogens is 4. The number of nitrogens with one attached hydrogen (secondary N) is 1. The molecule has 0 aliphatic heterocycles. The number of hydrogen-bond donors (Lipinski definition) is 1. The van der Waals surface area contributed by atoms with Crippen molar-refractivity contribution in [3.05, 3.63) is 21.0 Å². The molecule has 0 aromatic carbocycles. The lowest BCUT2D eigenvalue weighted by Crippen LogP contribution is -2.31. The maximum atomic E-state index is 12.2. The van der Waals surface area contributed by atoms with Gasteiger partial charge in [-0.15, -0.1) is 0 Å². The predicted molar refractivity (Wildman–Crippen MR) is 71.8 cm³/mol. The Morgan fingerprint density at radius 2 is 2.20 bits per heavy atom. The maximum Gasteiger partial charge on any atom is 0.408 e. The number of anilines is 1. The van der Waals surface area contributed by atoms with Gasteiger partial charge in [0, 0.05) is 13.2 Å². The van der Waals surface area contributed by atoms with Gasteiger partial charge in [0.15, 0.2) is 0 Å². The van der Waals surface area contributed by atoms with Crippen LogP contribution in [0.15, 0.2) is 15.5 Å². The molecule has 1 atom stereocenters. The second kappa shape index (κ2) is 7.07. The minimum Gasteiger partial charge on any atom is -0.380 e. The highest BCUT2D eigenvalue weighted by Gasteiger charge is 2.29. The second-order valence-electron chi connectivity index (χ2n) is 4.10. The van der Waals surface area contributed by atoms with E-state index in [9.17, 15) is 18.0 Å². The molecule has 1 heterocycles. The fraction of sp³-hybridized carbons (Fsp3) is 0.636. The Balaban J connectivity index is 2.82. The molecule has 0 aliphatic rings. The molecule has 5 nitrogen and oxygen atoms in total. The number of alkyl halides is 3. The Hall–Kier alpha value is -1.09. The van der Waals surface area contributed by atoms with Gasteiger partial charge in [-0.3, -0.25) is 4.79 Å². The summed E-state index contributed by atoms with van der Waals surface area (Å²) in [5.41, 5.74) is -0.503. The zero-order chi connectivity index (χ0) is 15.3. The normalized spacial score (nSPS) is 13.3. The third-order valence-corrected chi connectivity index (χ3v) is 3.11. The van der Waals surface area contributed by atoms with Crippen LogP contribution in [0.5, 0.6) is 0 Å². The Bertz CT molecular complexity index is 505. The quantitative estimate of drug-likeness (QED) is 0.849. The highest BCUT2D eigenvalue weighted by molar-refractivity contribution is 9.10. The van der Waals surface area contributed by atoms with Crippen molar-refractivity contribution in [1.82, 2.24) is 9.78 Å². The summed E-state index contributed by atoms with van der Waals surface area (Å²) < 4.78 is 42.4. The van der Waals surface area contributed by atoms with E-state index < -0.39 is 18.3 Å². The molecule has 9 heteroatoms. The smallest absolute Gasteiger partial charge is 0.380 e. The van der Waals surface area contributed by atoms with E-state index >= 15 is 0 Å². The molecule has 1 unspecified atom stereocenters. The van der Waals surface area contributed by atoms with E-state index in [4.69, 9.17) is 4.74 Å². The topological polar surface area (TPSA) is 56.1 Å². The van der Waals surface area contributed by atoms with Crippen LogP contribution in [0.25, 0.3) is 0 Å². The van der Waals surface area contributed by atoms with Gasteiger partial charge in [0.25, 0.3) is 5.56 Å². The van der Waals surface area contributed by atoms with E-state index in [0.717, 1.165) is 0 Å². The predicted octanol–water partition coefficient (Wildman–Crippen LogP) is 2.41. The zero-order valence-electron chi connectivity index (χ0n) is 11.0. The third-order valence-electron chi connectivity index (χ3n) is 2.35. The van der Waals surface area contributed by atoms with Crippen LogP contribution in [-0.2, 0) is 11.3 Å². The minimum atomic E-state index is -4.49. The molecule has 0 amide bonds. The van der Waals surface area contributed by atoms with Gasteiger partial charge in [-0.1, -0.05) is 0 Å². The van der Waals surface area contributed by atoms with Gasteiger partial charge < -0.3 is 10.1 Å². The minimum absolute atomic E-state index is 0.0143. The standard InChI is InChI=1S/C11H15BrF3N3O2/c1-3-20-7(2)4-16-8-5-17-18(6-11(13,14)15)10(19)9(8)12/h5,7,16H,3-4,6H2,1-2H3. The van der Waals surface area contributed by atoms with Crippen LogP contribution in [0, 0.1) is 0 Å². The first kappa shape index (κ1) is 17.0. The highest BCUT2D eigenvalue weighted by Crippen LogP contribution is 2.19. The second-order valence-corrected chi connectivity index (χ2v) is 4.89. The zero-order valence-corrected chi connectivity index (χ0v) is 12.6. The molecule has 0 bridgehead atoms. The number of hydrogen-bond acceptors (Lipinski definition) is 4. The molecule has 114 valence electrons. The van der Waals surface area contributed by atoms with Crippen molar-refractivity contribution in [3.63, 3.8) is 0 Å². The molecule has 1 aromatic heterocycles. The van der Waals surface area contributed by atoms with Crippen molar-refractivity contribution in [2.45, 2.75) is 32.7 Å². The summed E-state index contributed by atoms with van der Waals surface area (Å²) in [4.78, 5) is 11.7. The average Bonchev–Trinajstić information content (AvgIpc) is 2.33. The van der Waals surface area contributed by atoms with Crippen molar-refractivity contribution < 1.29 is 17.9 Å². The lowest BCUT2D eigenvalue weighted by molar-refractivity contribution is -0.143. The summed E-state index contributed by atoms with van der Waals surface area (Å²) in [7, 11) is 0. The molecule has 0 radical (unpaired) electrons.